The zero-order valence-corrected chi connectivity index (χ0v) is 11.4. The fourth-order valence-corrected chi connectivity index (χ4v) is 3.04. The predicted molar refractivity (Wildman–Crippen MR) is 72.1 cm³/mol. The molecule has 2 unspecified atom stereocenters. The maximum atomic E-state index is 5.76. The lowest BCUT2D eigenvalue weighted by atomic mass is 10.1. The van der Waals surface area contributed by atoms with Crippen molar-refractivity contribution < 1.29 is 0 Å². The van der Waals surface area contributed by atoms with Crippen LogP contribution in [0, 0.1) is 5.92 Å². The summed E-state index contributed by atoms with van der Waals surface area (Å²) in [4.78, 5) is 7.56. The summed E-state index contributed by atoms with van der Waals surface area (Å²) in [6.45, 7) is 8.33. The van der Waals surface area contributed by atoms with E-state index in [4.69, 9.17) is 5.73 Å². The van der Waals surface area contributed by atoms with Gasteiger partial charge in [0.1, 0.15) is 0 Å². The molecule has 2 aliphatic heterocycles. The van der Waals surface area contributed by atoms with Crippen LogP contribution in [0.3, 0.4) is 0 Å². The van der Waals surface area contributed by atoms with E-state index in [2.05, 4.69) is 28.8 Å². The highest BCUT2D eigenvalue weighted by Crippen LogP contribution is 2.23. The number of nitrogens with zero attached hydrogens (tertiary/aromatic N) is 3. The van der Waals surface area contributed by atoms with Crippen LogP contribution in [0.1, 0.15) is 12.8 Å². The summed E-state index contributed by atoms with van der Waals surface area (Å²) in [5, 5.41) is 0. The Kier molecular flexibility index (Phi) is 4.79. The quantitative estimate of drug-likeness (QED) is 0.728. The first-order valence-corrected chi connectivity index (χ1v) is 7.00. The number of likely N-dealkylation sites (N-methyl/N-ethyl adjacent to an activating group) is 1. The minimum absolute atomic E-state index is 0.755. The van der Waals surface area contributed by atoms with Gasteiger partial charge < -0.3 is 15.5 Å². The molecule has 4 heteroatoms. The Morgan fingerprint density at radius 2 is 2.00 bits per heavy atom. The molecular weight excluding hydrogens is 212 g/mol. The van der Waals surface area contributed by atoms with Crippen molar-refractivity contribution in [3.8, 4) is 0 Å². The minimum Gasteiger partial charge on any atom is -0.330 e. The number of likely N-dealkylation sites (tertiary alicyclic amines) is 2. The molecule has 2 saturated heterocycles. The molecule has 2 heterocycles. The monoisotopic (exact) mass is 240 g/mol. The van der Waals surface area contributed by atoms with Crippen LogP contribution in [-0.2, 0) is 0 Å². The van der Waals surface area contributed by atoms with Gasteiger partial charge in [-0.15, -0.1) is 0 Å². The number of hydrogen-bond acceptors (Lipinski definition) is 4. The summed E-state index contributed by atoms with van der Waals surface area (Å²) in [7, 11) is 4.31. The van der Waals surface area contributed by atoms with Crippen LogP contribution < -0.4 is 5.73 Å². The molecule has 0 radical (unpaired) electrons. The van der Waals surface area contributed by atoms with Crippen molar-refractivity contribution >= 4 is 0 Å². The Morgan fingerprint density at radius 1 is 1.18 bits per heavy atom. The molecule has 2 N–H and O–H groups in total. The smallest absolute Gasteiger partial charge is 0.0235 e. The molecule has 2 aliphatic rings. The lowest BCUT2D eigenvalue weighted by molar-refractivity contribution is 0.218. The second kappa shape index (κ2) is 6.14. The first-order chi connectivity index (χ1) is 8.19. The van der Waals surface area contributed by atoms with Crippen LogP contribution in [0.25, 0.3) is 0 Å². The average molecular weight is 240 g/mol. The summed E-state index contributed by atoms with van der Waals surface area (Å²) >= 11 is 0. The summed E-state index contributed by atoms with van der Waals surface area (Å²) in [5.41, 5.74) is 5.76. The van der Waals surface area contributed by atoms with E-state index in [1.165, 1.54) is 52.1 Å². The van der Waals surface area contributed by atoms with Gasteiger partial charge in [0.05, 0.1) is 0 Å². The Hall–Kier alpha value is -0.160. The maximum Gasteiger partial charge on any atom is 0.0235 e. The van der Waals surface area contributed by atoms with E-state index in [9.17, 15) is 0 Å². The molecule has 0 saturated carbocycles. The standard InChI is InChI=1S/C13H28N4/c1-15(2)7-8-16-5-4-13(11-16)17-6-3-12(9-14)10-17/h12-13H,3-11,14H2,1-2H3. The van der Waals surface area contributed by atoms with Crippen molar-refractivity contribution in [1.29, 1.82) is 0 Å². The summed E-state index contributed by atoms with van der Waals surface area (Å²) in [6.07, 6.45) is 2.66. The number of rotatable bonds is 5. The van der Waals surface area contributed by atoms with Crippen molar-refractivity contribution in [2.24, 2.45) is 11.7 Å². The van der Waals surface area contributed by atoms with Crippen LogP contribution in [0.2, 0.25) is 0 Å². The molecule has 0 aliphatic carbocycles. The van der Waals surface area contributed by atoms with Crippen LogP contribution in [0.5, 0.6) is 0 Å². The zero-order valence-electron chi connectivity index (χ0n) is 11.4. The lowest BCUT2D eigenvalue weighted by Crippen LogP contribution is -2.37. The molecular formula is C13H28N4. The molecule has 2 rings (SSSR count). The van der Waals surface area contributed by atoms with E-state index in [-0.39, 0.29) is 0 Å². The van der Waals surface area contributed by atoms with E-state index < -0.39 is 0 Å². The summed E-state index contributed by atoms with van der Waals surface area (Å²) in [6, 6.07) is 0.800. The van der Waals surface area contributed by atoms with Crippen LogP contribution in [0.4, 0.5) is 0 Å². The molecule has 100 valence electrons. The molecule has 17 heavy (non-hydrogen) atoms. The second-order valence-electron chi connectivity index (χ2n) is 5.93. The molecule has 0 aromatic heterocycles. The normalized spacial score (nSPS) is 31.8. The Balaban J connectivity index is 1.71. The van der Waals surface area contributed by atoms with Crippen molar-refractivity contribution in [1.82, 2.24) is 14.7 Å². The van der Waals surface area contributed by atoms with Gasteiger partial charge in [0, 0.05) is 32.2 Å². The molecule has 0 amide bonds. The molecule has 2 atom stereocenters. The van der Waals surface area contributed by atoms with Gasteiger partial charge in [0.15, 0.2) is 0 Å². The molecule has 0 aromatic carbocycles. The van der Waals surface area contributed by atoms with Crippen molar-refractivity contribution in [2.45, 2.75) is 18.9 Å². The number of hydrogen-bond donors (Lipinski definition) is 1. The Bertz CT molecular complexity index is 231. The molecule has 0 spiro atoms. The molecule has 0 aromatic rings. The van der Waals surface area contributed by atoms with Crippen LogP contribution in [0.15, 0.2) is 0 Å². The first-order valence-electron chi connectivity index (χ1n) is 7.00. The summed E-state index contributed by atoms with van der Waals surface area (Å²) < 4.78 is 0. The maximum absolute atomic E-state index is 5.76. The highest BCUT2D eigenvalue weighted by atomic mass is 15.3. The van der Waals surface area contributed by atoms with Gasteiger partial charge in [-0.3, -0.25) is 4.90 Å². The van der Waals surface area contributed by atoms with E-state index >= 15 is 0 Å². The van der Waals surface area contributed by atoms with Crippen molar-refractivity contribution in [3.63, 3.8) is 0 Å². The average Bonchev–Trinajstić information content (AvgIpc) is 2.94. The van der Waals surface area contributed by atoms with Gasteiger partial charge in [0.2, 0.25) is 0 Å². The van der Waals surface area contributed by atoms with Crippen molar-refractivity contribution in [2.75, 3.05) is 59.9 Å². The largest absolute Gasteiger partial charge is 0.330 e. The molecule has 0 bridgehead atoms. The fraction of sp³-hybridized carbons (Fsp3) is 1.00. The predicted octanol–water partition coefficient (Wildman–Crippen LogP) is -0.0971. The third kappa shape index (κ3) is 3.65. The van der Waals surface area contributed by atoms with E-state index in [1.807, 2.05) is 0 Å². The van der Waals surface area contributed by atoms with Gasteiger partial charge in [-0.1, -0.05) is 0 Å². The molecule has 4 nitrogen and oxygen atoms in total. The van der Waals surface area contributed by atoms with Crippen LogP contribution >= 0.6 is 0 Å². The van der Waals surface area contributed by atoms with Crippen LogP contribution in [-0.4, -0.2) is 80.7 Å². The summed E-state index contributed by atoms with van der Waals surface area (Å²) in [5.74, 6) is 0.755. The zero-order chi connectivity index (χ0) is 12.3. The highest BCUT2D eigenvalue weighted by molar-refractivity contribution is 4.88. The van der Waals surface area contributed by atoms with E-state index in [1.54, 1.807) is 0 Å². The minimum atomic E-state index is 0.755. The van der Waals surface area contributed by atoms with Gasteiger partial charge in [-0.25, -0.2) is 0 Å². The van der Waals surface area contributed by atoms with Crippen molar-refractivity contribution in [3.05, 3.63) is 0 Å². The van der Waals surface area contributed by atoms with E-state index in [0.29, 0.717) is 0 Å². The first kappa shape index (κ1) is 13.3. The Morgan fingerprint density at radius 3 is 2.65 bits per heavy atom. The third-order valence-electron chi connectivity index (χ3n) is 4.28. The molecule has 2 fully saturated rings. The second-order valence-corrected chi connectivity index (χ2v) is 5.93. The topological polar surface area (TPSA) is 35.7 Å². The van der Waals surface area contributed by atoms with Gasteiger partial charge in [-0.05, 0) is 52.5 Å². The number of nitrogens with two attached hydrogens (primary N) is 1. The lowest BCUT2D eigenvalue weighted by Gasteiger charge is -2.24. The van der Waals surface area contributed by atoms with E-state index in [0.717, 1.165) is 18.5 Å². The SMILES string of the molecule is CN(C)CCN1CCC(N2CCC(CN)C2)C1. The highest BCUT2D eigenvalue weighted by Gasteiger charge is 2.31. The fourth-order valence-electron chi connectivity index (χ4n) is 3.04. The third-order valence-corrected chi connectivity index (χ3v) is 4.28. The Labute approximate surface area is 106 Å². The van der Waals surface area contributed by atoms with Gasteiger partial charge in [-0.2, -0.15) is 0 Å². The van der Waals surface area contributed by atoms with Gasteiger partial charge >= 0.3 is 0 Å². The van der Waals surface area contributed by atoms with Gasteiger partial charge in [0.25, 0.3) is 0 Å².